The summed E-state index contributed by atoms with van der Waals surface area (Å²) >= 11 is 2.23. The summed E-state index contributed by atoms with van der Waals surface area (Å²) < 4.78 is 14.4. The Kier molecular flexibility index (Phi) is 6.13. The van der Waals surface area contributed by atoms with E-state index in [9.17, 15) is 9.18 Å². The van der Waals surface area contributed by atoms with Gasteiger partial charge in [-0.3, -0.25) is 4.79 Å². The Morgan fingerprint density at radius 2 is 1.60 bits per heavy atom. The normalized spacial score (nSPS) is 10.6. The molecule has 148 valence electrons. The minimum absolute atomic E-state index is 0.169. The molecule has 3 aromatic carbocycles. The summed E-state index contributed by atoms with van der Waals surface area (Å²) in [6, 6.07) is 23.4. The van der Waals surface area contributed by atoms with Crippen LogP contribution in [-0.4, -0.2) is 15.9 Å². The smallest absolute Gasteiger partial charge is 0.230 e. The van der Waals surface area contributed by atoms with Gasteiger partial charge in [0.05, 0.1) is 18.3 Å². The molecule has 4 rings (SSSR count). The molecule has 0 saturated heterocycles. The van der Waals surface area contributed by atoms with E-state index in [2.05, 4.69) is 32.9 Å². The number of benzene rings is 3. The highest BCUT2D eigenvalue weighted by Gasteiger charge is 2.14. The average molecular weight is 509 g/mol. The number of nitrogens with zero attached hydrogens (tertiary/aromatic N) is 2. The van der Waals surface area contributed by atoms with Gasteiger partial charge in [-0.25, -0.2) is 14.4 Å². The molecule has 0 bridgehead atoms. The molecule has 0 spiro atoms. The van der Waals surface area contributed by atoms with Crippen LogP contribution >= 0.6 is 22.6 Å². The third-order valence-corrected chi connectivity index (χ3v) is 5.21. The molecule has 1 aromatic heterocycles. The van der Waals surface area contributed by atoms with Crippen LogP contribution in [0.1, 0.15) is 5.56 Å². The van der Waals surface area contributed by atoms with E-state index in [0.29, 0.717) is 17.2 Å². The summed E-state index contributed by atoms with van der Waals surface area (Å²) in [4.78, 5) is 21.8. The zero-order chi connectivity index (χ0) is 20.9. The SMILES string of the molecule is O=C(Cc1ccc(I)cc1)Nc1ncc(-c2ccc(F)cc2)nc1-c1ccccc1. The first-order chi connectivity index (χ1) is 14.6. The molecule has 0 atom stereocenters. The van der Waals surface area contributed by atoms with Crippen LogP contribution in [0.4, 0.5) is 10.2 Å². The maximum atomic E-state index is 13.3. The topological polar surface area (TPSA) is 54.9 Å². The Labute approximate surface area is 187 Å². The molecule has 1 N–H and O–H groups in total. The van der Waals surface area contributed by atoms with Gasteiger partial charge < -0.3 is 5.32 Å². The van der Waals surface area contributed by atoms with E-state index < -0.39 is 0 Å². The molecule has 0 radical (unpaired) electrons. The maximum absolute atomic E-state index is 13.3. The van der Waals surface area contributed by atoms with Gasteiger partial charge >= 0.3 is 0 Å². The third kappa shape index (κ3) is 4.88. The van der Waals surface area contributed by atoms with E-state index in [-0.39, 0.29) is 18.1 Å². The maximum Gasteiger partial charge on any atom is 0.230 e. The van der Waals surface area contributed by atoms with Crippen molar-refractivity contribution < 1.29 is 9.18 Å². The van der Waals surface area contributed by atoms with Crippen LogP contribution in [0.25, 0.3) is 22.5 Å². The first-order valence-corrected chi connectivity index (χ1v) is 10.4. The van der Waals surface area contributed by atoms with Crippen LogP contribution in [0.3, 0.4) is 0 Å². The van der Waals surface area contributed by atoms with Crippen molar-refractivity contribution in [2.45, 2.75) is 6.42 Å². The Morgan fingerprint density at radius 3 is 2.30 bits per heavy atom. The summed E-state index contributed by atoms with van der Waals surface area (Å²) in [6.07, 6.45) is 1.83. The molecule has 1 heterocycles. The molecule has 0 aliphatic carbocycles. The quantitative estimate of drug-likeness (QED) is 0.350. The van der Waals surface area contributed by atoms with Gasteiger partial charge in [0.1, 0.15) is 11.5 Å². The second-order valence-electron chi connectivity index (χ2n) is 6.68. The minimum atomic E-state index is -0.311. The summed E-state index contributed by atoms with van der Waals surface area (Å²) in [5.74, 6) is -0.0886. The lowest BCUT2D eigenvalue weighted by molar-refractivity contribution is -0.115. The highest BCUT2D eigenvalue weighted by atomic mass is 127. The molecular formula is C24H17FIN3O. The molecule has 0 unspecified atom stereocenters. The second-order valence-corrected chi connectivity index (χ2v) is 7.92. The van der Waals surface area contributed by atoms with Crippen molar-refractivity contribution >= 4 is 34.3 Å². The molecule has 0 fully saturated rings. The highest BCUT2D eigenvalue weighted by molar-refractivity contribution is 14.1. The third-order valence-electron chi connectivity index (χ3n) is 4.50. The number of amides is 1. The molecule has 0 aliphatic rings. The first-order valence-electron chi connectivity index (χ1n) is 9.31. The monoisotopic (exact) mass is 509 g/mol. The van der Waals surface area contributed by atoms with Crippen molar-refractivity contribution in [2.24, 2.45) is 0 Å². The van der Waals surface area contributed by atoms with Crippen molar-refractivity contribution in [1.82, 2.24) is 9.97 Å². The number of rotatable bonds is 5. The number of anilines is 1. The van der Waals surface area contributed by atoms with Gasteiger partial charge in [-0.2, -0.15) is 0 Å². The predicted molar refractivity (Wildman–Crippen MR) is 124 cm³/mol. The number of aromatic nitrogens is 2. The number of carbonyl (C=O) groups is 1. The van der Waals surface area contributed by atoms with E-state index in [0.717, 1.165) is 20.3 Å². The largest absolute Gasteiger partial charge is 0.309 e. The van der Waals surface area contributed by atoms with Crippen molar-refractivity contribution in [1.29, 1.82) is 0 Å². The van der Waals surface area contributed by atoms with Gasteiger partial charge in [0, 0.05) is 14.7 Å². The average Bonchev–Trinajstić information content (AvgIpc) is 2.77. The number of nitrogens with one attached hydrogen (secondary N) is 1. The van der Waals surface area contributed by atoms with Crippen molar-refractivity contribution in [2.75, 3.05) is 5.32 Å². The number of hydrogen-bond donors (Lipinski definition) is 1. The number of carbonyl (C=O) groups excluding carboxylic acids is 1. The van der Waals surface area contributed by atoms with Crippen molar-refractivity contribution in [3.63, 3.8) is 0 Å². The fourth-order valence-electron chi connectivity index (χ4n) is 3.00. The zero-order valence-corrected chi connectivity index (χ0v) is 18.0. The Balaban J connectivity index is 1.65. The molecule has 0 saturated carbocycles. The van der Waals surface area contributed by atoms with Gasteiger partial charge in [0.15, 0.2) is 5.82 Å². The van der Waals surface area contributed by atoms with Gasteiger partial charge in [-0.05, 0) is 64.6 Å². The second kappa shape index (κ2) is 9.13. The lowest BCUT2D eigenvalue weighted by atomic mass is 10.1. The number of halogens is 2. The number of hydrogen-bond acceptors (Lipinski definition) is 3. The van der Waals surface area contributed by atoms with Crippen LogP contribution in [-0.2, 0) is 11.2 Å². The lowest BCUT2D eigenvalue weighted by Crippen LogP contribution is -2.16. The van der Waals surface area contributed by atoms with Crippen LogP contribution in [0.5, 0.6) is 0 Å². The molecule has 1 amide bonds. The zero-order valence-electron chi connectivity index (χ0n) is 15.8. The summed E-state index contributed by atoms with van der Waals surface area (Å²) in [5.41, 5.74) is 3.67. The Hall–Kier alpha value is -3.13. The van der Waals surface area contributed by atoms with Crippen molar-refractivity contribution in [3.8, 4) is 22.5 Å². The van der Waals surface area contributed by atoms with E-state index >= 15 is 0 Å². The summed E-state index contributed by atoms with van der Waals surface area (Å²) in [7, 11) is 0. The van der Waals surface area contributed by atoms with Gasteiger partial charge in [-0.1, -0.05) is 42.5 Å². The van der Waals surface area contributed by atoms with Gasteiger partial charge in [0.2, 0.25) is 5.91 Å². The Morgan fingerprint density at radius 1 is 0.900 bits per heavy atom. The van der Waals surface area contributed by atoms with E-state index in [1.165, 1.54) is 12.1 Å². The Bertz CT molecular complexity index is 1160. The fraction of sp³-hybridized carbons (Fsp3) is 0.0417. The van der Waals surface area contributed by atoms with Crippen molar-refractivity contribution in [3.05, 3.63) is 100 Å². The molecule has 4 nitrogen and oxygen atoms in total. The van der Waals surface area contributed by atoms with Crippen LogP contribution < -0.4 is 5.32 Å². The van der Waals surface area contributed by atoms with Crippen LogP contribution in [0, 0.1) is 9.39 Å². The molecule has 4 aromatic rings. The first kappa shape index (κ1) is 20.2. The summed E-state index contributed by atoms with van der Waals surface area (Å²) in [6.45, 7) is 0. The lowest BCUT2D eigenvalue weighted by Gasteiger charge is -2.12. The van der Waals surface area contributed by atoms with E-state index in [4.69, 9.17) is 4.98 Å². The van der Waals surface area contributed by atoms with Crippen LogP contribution in [0.2, 0.25) is 0 Å². The molecule has 0 aliphatic heterocycles. The van der Waals surface area contributed by atoms with E-state index in [1.807, 2.05) is 54.6 Å². The summed E-state index contributed by atoms with van der Waals surface area (Å²) in [5, 5.41) is 2.89. The standard InChI is InChI=1S/C24H17FIN3O/c25-19-10-8-17(9-11-19)21-15-27-24(23(28-21)18-4-2-1-3-5-18)29-22(30)14-16-6-12-20(26)13-7-16/h1-13,15H,14H2,(H,27,29,30). The minimum Gasteiger partial charge on any atom is -0.309 e. The highest BCUT2D eigenvalue weighted by Crippen LogP contribution is 2.28. The molecule has 6 heteroatoms. The molecular weight excluding hydrogens is 492 g/mol. The predicted octanol–water partition coefficient (Wildman–Crippen LogP) is 5.74. The molecule has 30 heavy (non-hydrogen) atoms. The van der Waals surface area contributed by atoms with Gasteiger partial charge in [-0.15, -0.1) is 0 Å². The van der Waals surface area contributed by atoms with Crippen LogP contribution in [0.15, 0.2) is 85.1 Å². The fourth-order valence-corrected chi connectivity index (χ4v) is 3.36. The van der Waals surface area contributed by atoms with Gasteiger partial charge in [0.25, 0.3) is 0 Å². The van der Waals surface area contributed by atoms with E-state index in [1.54, 1.807) is 18.3 Å².